The van der Waals surface area contributed by atoms with Gasteiger partial charge in [-0.15, -0.1) is 0 Å². The first-order valence-electron chi connectivity index (χ1n) is 6.73. The maximum Gasteiger partial charge on any atom is 0.159 e. The second-order valence-electron chi connectivity index (χ2n) is 5.13. The highest BCUT2D eigenvalue weighted by atomic mass is 127. The monoisotopic (exact) mass is 420 g/mol. The number of ether oxygens (including phenoxy) is 1. The van der Waals surface area contributed by atoms with E-state index in [1.54, 1.807) is 13.1 Å². The lowest BCUT2D eigenvalue weighted by atomic mass is 10.1. The molecule has 6 heteroatoms. The molecule has 0 aliphatic heterocycles. The molecule has 0 bridgehead atoms. The number of fused-ring (bicyclic) bond motifs is 1. The van der Waals surface area contributed by atoms with E-state index in [0.717, 1.165) is 15.5 Å². The minimum Gasteiger partial charge on any atom is -0.487 e. The minimum absolute atomic E-state index is 0.184. The van der Waals surface area contributed by atoms with Gasteiger partial charge in [0, 0.05) is 18.1 Å². The van der Waals surface area contributed by atoms with E-state index in [1.165, 1.54) is 0 Å². The topological polar surface area (TPSA) is 54.4 Å². The van der Waals surface area contributed by atoms with Crippen molar-refractivity contribution in [1.82, 2.24) is 10.3 Å². The van der Waals surface area contributed by atoms with Gasteiger partial charge in [-0.1, -0.05) is 18.5 Å². The Hall–Kier alpha value is -0.630. The van der Waals surface area contributed by atoms with Gasteiger partial charge < -0.3 is 15.2 Å². The molecular weight excluding hydrogens is 403 g/mol. The van der Waals surface area contributed by atoms with Crippen LogP contribution in [0.4, 0.5) is 0 Å². The summed E-state index contributed by atoms with van der Waals surface area (Å²) in [5.41, 5.74) is -0.228. The summed E-state index contributed by atoms with van der Waals surface area (Å²) in [5.74, 6) is 0.660. The van der Waals surface area contributed by atoms with Crippen molar-refractivity contribution in [1.29, 1.82) is 0 Å². The van der Waals surface area contributed by atoms with Gasteiger partial charge in [-0.2, -0.15) is 0 Å². The Kier molecular flexibility index (Phi) is 5.65. The molecule has 2 N–H and O–H groups in total. The summed E-state index contributed by atoms with van der Waals surface area (Å²) in [6.07, 6.45) is 1.71. The molecule has 0 spiro atoms. The third-order valence-electron chi connectivity index (χ3n) is 3.03. The van der Waals surface area contributed by atoms with Crippen LogP contribution in [0.1, 0.15) is 13.8 Å². The second-order valence-corrected chi connectivity index (χ2v) is 6.70. The van der Waals surface area contributed by atoms with Crippen LogP contribution in [-0.2, 0) is 0 Å². The summed E-state index contributed by atoms with van der Waals surface area (Å²) in [7, 11) is 0. The summed E-state index contributed by atoms with van der Waals surface area (Å²) in [6, 6.07) is 5.59. The normalized spacial score (nSPS) is 14.1. The number of pyridine rings is 1. The van der Waals surface area contributed by atoms with Crippen LogP contribution in [0.25, 0.3) is 10.9 Å². The molecule has 0 saturated carbocycles. The molecule has 2 aromatic rings. The predicted molar refractivity (Wildman–Crippen MR) is 94.1 cm³/mol. The predicted octanol–water partition coefficient (Wildman–Crippen LogP) is 3.23. The fourth-order valence-corrected chi connectivity index (χ4v) is 3.13. The van der Waals surface area contributed by atoms with E-state index in [9.17, 15) is 5.11 Å². The van der Waals surface area contributed by atoms with Gasteiger partial charge in [0.05, 0.1) is 8.59 Å². The zero-order valence-corrected chi connectivity index (χ0v) is 14.9. The van der Waals surface area contributed by atoms with Crippen LogP contribution in [0.15, 0.2) is 24.4 Å². The van der Waals surface area contributed by atoms with Crippen molar-refractivity contribution in [3.05, 3.63) is 33.0 Å². The number of hydrogen-bond acceptors (Lipinski definition) is 4. The van der Waals surface area contributed by atoms with Crippen molar-refractivity contribution in [2.24, 2.45) is 0 Å². The molecule has 1 aromatic carbocycles. The smallest absolute Gasteiger partial charge is 0.159 e. The average Bonchev–Trinajstić information content (AvgIpc) is 2.45. The van der Waals surface area contributed by atoms with Gasteiger partial charge in [-0.3, -0.25) is 4.98 Å². The maximum atomic E-state index is 10.3. The van der Waals surface area contributed by atoms with E-state index in [4.69, 9.17) is 16.3 Å². The first-order chi connectivity index (χ1) is 9.94. The average molecular weight is 421 g/mol. The molecule has 0 radical (unpaired) electrons. The standard InChI is InChI=1S/C15H18ClIN2O2/c1-3-18-8-15(2,20)9-21-14-12(17)7-11(16)10-5-4-6-19-13(10)14/h4-7,18,20H,3,8-9H2,1-2H3. The van der Waals surface area contributed by atoms with E-state index < -0.39 is 5.60 Å². The first kappa shape index (κ1) is 16.7. The lowest BCUT2D eigenvalue weighted by Gasteiger charge is -2.24. The summed E-state index contributed by atoms with van der Waals surface area (Å²) < 4.78 is 6.73. The third kappa shape index (κ3) is 4.18. The highest BCUT2D eigenvalue weighted by molar-refractivity contribution is 14.1. The molecule has 4 nitrogen and oxygen atoms in total. The number of nitrogens with zero attached hydrogens (tertiary/aromatic N) is 1. The van der Waals surface area contributed by atoms with Crippen LogP contribution in [0, 0.1) is 3.57 Å². The number of aromatic nitrogens is 1. The lowest BCUT2D eigenvalue weighted by Crippen LogP contribution is -2.42. The van der Waals surface area contributed by atoms with Gasteiger partial charge in [0.15, 0.2) is 5.75 Å². The van der Waals surface area contributed by atoms with Crippen molar-refractivity contribution < 1.29 is 9.84 Å². The van der Waals surface area contributed by atoms with Crippen molar-refractivity contribution in [2.45, 2.75) is 19.4 Å². The number of rotatable bonds is 6. The van der Waals surface area contributed by atoms with Crippen LogP contribution in [0.5, 0.6) is 5.75 Å². The van der Waals surface area contributed by atoms with Crippen LogP contribution in [-0.4, -0.2) is 35.4 Å². The Bertz CT molecular complexity index is 634. The largest absolute Gasteiger partial charge is 0.487 e. The lowest BCUT2D eigenvalue weighted by molar-refractivity contribution is 0.0129. The number of aliphatic hydroxyl groups is 1. The van der Waals surface area contributed by atoms with Gasteiger partial charge in [-0.25, -0.2) is 0 Å². The van der Waals surface area contributed by atoms with Gasteiger partial charge in [0.2, 0.25) is 0 Å². The van der Waals surface area contributed by atoms with Gasteiger partial charge >= 0.3 is 0 Å². The molecule has 1 aromatic heterocycles. The number of likely N-dealkylation sites (N-methyl/N-ethyl adjacent to an activating group) is 1. The highest BCUT2D eigenvalue weighted by Gasteiger charge is 2.22. The number of halogens is 2. The van der Waals surface area contributed by atoms with Crippen LogP contribution >= 0.6 is 34.2 Å². The van der Waals surface area contributed by atoms with E-state index in [2.05, 4.69) is 32.9 Å². The summed E-state index contributed by atoms with van der Waals surface area (Å²) in [6.45, 7) is 5.20. The molecule has 0 saturated heterocycles. The fourth-order valence-electron chi connectivity index (χ4n) is 1.96. The number of hydrogen-bond donors (Lipinski definition) is 2. The molecular formula is C15H18ClIN2O2. The molecule has 0 fully saturated rings. The van der Waals surface area contributed by atoms with Crippen molar-refractivity contribution in [3.63, 3.8) is 0 Å². The van der Waals surface area contributed by atoms with Gasteiger partial charge in [0.1, 0.15) is 17.7 Å². The molecule has 1 unspecified atom stereocenters. The van der Waals surface area contributed by atoms with Crippen molar-refractivity contribution >= 4 is 45.1 Å². The molecule has 0 aliphatic carbocycles. The zero-order chi connectivity index (χ0) is 15.5. The summed E-state index contributed by atoms with van der Waals surface area (Å²) in [4.78, 5) is 4.35. The van der Waals surface area contributed by atoms with E-state index in [0.29, 0.717) is 22.8 Å². The van der Waals surface area contributed by atoms with Crippen molar-refractivity contribution in [3.8, 4) is 5.75 Å². The van der Waals surface area contributed by atoms with E-state index in [1.807, 2.05) is 25.1 Å². The summed E-state index contributed by atoms with van der Waals surface area (Å²) in [5, 5.41) is 14.9. The fraction of sp³-hybridized carbons (Fsp3) is 0.400. The third-order valence-corrected chi connectivity index (χ3v) is 4.15. The maximum absolute atomic E-state index is 10.3. The molecule has 0 amide bonds. The van der Waals surface area contributed by atoms with E-state index >= 15 is 0 Å². The molecule has 0 aliphatic rings. The first-order valence-corrected chi connectivity index (χ1v) is 8.19. The Balaban J connectivity index is 2.26. The SMILES string of the molecule is CCNCC(C)(O)COc1c(I)cc(Cl)c2cccnc12. The number of benzene rings is 1. The van der Waals surface area contributed by atoms with E-state index in [-0.39, 0.29) is 6.61 Å². The minimum atomic E-state index is -0.945. The summed E-state index contributed by atoms with van der Waals surface area (Å²) >= 11 is 8.40. The molecule has 2 rings (SSSR count). The Labute approximate surface area is 143 Å². The van der Waals surface area contributed by atoms with Crippen LogP contribution < -0.4 is 10.1 Å². The quantitative estimate of drug-likeness (QED) is 0.705. The Morgan fingerprint density at radius 1 is 1.52 bits per heavy atom. The van der Waals surface area contributed by atoms with Crippen LogP contribution in [0.2, 0.25) is 5.02 Å². The Morgan fingerprint density at radius 3 is 3.00 bits per heavy atom. The Morgan fingerprint density at radius 2 is 2.29 bits per heavy atom. The zero-order valence-electron chi connectivity index (χ0n) is 12.0. The van der Waals surface area contributed by atoms with Crippen LogP contribution in [0.3, 0.4) is 0 Å². The highest BCUT2D eigenvalue weighted by Crippen LogP contribution is 2.34. The molecule has 21 heavy (non-hydrogen) atoms. The molecule has 114 valence electrons. The molecule has 1 heterocycles. The van der Waals surface area contributed by atoms with Gasteiger partial charge in [-0.05, 0) is 54.3 Å². The second kappa shape index (κ2) is 7.09. The van der Waals surface area contributed by atoms with Gasteiger partial charge in [0.25, 0.3) is 0 Å². The number of nitrogens with one attached hydrogen (secondary N) is 1. The van der Waals surface area contributed by atoms with Crippen molar-refractivity contribution in [2.75, 3.05) is 19.7 Å². The molecule has 1 atom stereocenters.